The molecule has 1 aliphatic heterocycles. The minimum atomic E-state index is -2.76. The highest BCUT2D eigenvalue weighted by Crippen LogP contribution is 2.45. The summed E-state index contributed by atoms with van der Waals surface area (Å²) in [4.78, 5) is 41.4. The molecule has 3 heterocycles. The number of anilines is 2. The van der Waals surface area contributed by atoms with Gasteiger partial charge in [-0.1, -0.05) is 0 Å². The number of nitrogens with zero attached hydrogens (tertiary/aromatic N) is 5. The number of alkyl halides is 2. The normalized spacial score (nSPS) is 15.9. The number of ether oxygens (including phenoxy) is 3. The summed E-state index contributed by atoms with van der Waals surface area (Å²) >= 11 is 0. The first kappa shape index (κ1) is 32.1. The van der Waals surface area contributed by atoms with E-state index in [1.54, 1.807) is 30.5 Å². The number of piperidine rings is 1. The van der Waals surface area contributed by atoms with Gasteiger partial charge in [-0.05, 0) is 80.2 Å². The lowest BCUT2D eigenvalue weighted by Gasteiger charge is -2.35. The Balaban J connectivity index is 1.24. The van der Waals surface area contributed by atoms with Crippen LogP contribution in [-0.4, -0.2) is 73.2 Å². The van der Waals surface area contributed by atoms with E-state index in [-0.39, 0.29) is 29.3 Å². The molecule has 0 N–H and O–H groups in total. The van der Waals surface area contributed by atoms with Gasteiger partial charge in [-0.2, -0.15) is 0 Å². The number of carbonyl (C=O) groups excluding carboxylic acids is 2. The zero-order valence-corrected chi connectivity index (χ0v) is 25.6. The summed E-state index contributed by atoms with van der Waals surface area (Å²) in [5, 5.41) is 0. The second-order valence-electron chi connectivity index (χ2n) is 11.4. The molecule has 12 heteroatoms. The molecule has 2 aliphatic rings. The Morgan fingerprint density at radius 2 is 1.78 bits per heavy atom. The molecular formula is C33H39F2N5O5. The monoisotopic (exact) mass is 623 g/mol. The second-order valence-corrected chi connectivity index (χ2v) is 11.4. The molecule has 1 amide bonds. The topological polar surface area (TPSA) is 107 Å². The zero-order valence-electron chi connectivity index (χ0n) is 25.6. The van der Waals surface area contributed by atoms with Gasteiger partial charge in [0.05, 0.1) is 44.5 Å². The first-order chi connectivity index (χ1) is 21.9. The second kappa shape index (κ2) is 15.1. The minimum Gasteiger partial charge on any atom is -0.497 e. The maximum Gasteiger partial charge on any atom is 0.306 e. The average Bonchev–Trinajstić information content (AvgIpc) is 3.91. The minimum absolute atomic E-state index is 0.0811. The average molecular weight is 624 g/mol. The molecule has 3 aromatic rings. The van der Waals surface area contributed by atoms with Crippen molar-refractivity contribution in [1.29, 1.82) is 0 Å². The number of pyridine rings is 1. The van der Waals surface area contributed by atoms with E-state index in [0.29, 0.717) is 56.0 Å². The Labute approximate surface area is 261 Å². The summed E-state index contributed by atoms with van der Waals surface area (Å²) < 4.78 is 43.8. The van der Waals surface area contributed by atoms with E-state index in [0.717, 1.165) is 36.1 Å². The first-order valence-electron chi connectivity index (χ1n) is 15.4. The van der Waals surface area contributed by atoms with Crippen molar-refractivity contribution in [1.82, 2.24) is 15.0 Å². The number of carbonyl (C=O) groups is 2. The van der Waals surface area contributed by atoms with E-state index >= 15 is 0 Å². The lowest BCUT2D eigenvalue weighted by atomic mass is 9.92. The van der Waals surface area contributed by atoms with Crippen molar-refractivity contribution in [3.8, 4) is 11.6 Å². The van der Waals surface area contributed by atoms with Gasteiger partial charge in [0, 0.05) is 43.8 Å². The fourth-order valence-corrected chi connectivity index (χ4v) is 5.78. The summed E-state index contributed by atoms with van der Waals surface area (Å²) in [6.07, 6.45) is 5.94. The van der Waals surface area contributed by atoms with Crippen LogP contribution in [0.3, 0.4) is 0 Å². The number of hydrogen-bond donors (Lipinski definition) is 0. The van der Waals surface area contributed by atoms with Crippen molar-refractivity contribution in [2.24, 2.45) is 11.8 Å². The zero-order chi connectivity index (χ0) is 31.8. The lowest BCUT2D eigenvalue weighted by Crippen LogP contribution is -2.39. The molecule has 240 valence electrons. The summed E-state index contributed by atoms with van der Waals surface area (Å²) in [5.74, 6) is 1.05. The molecule has 1 saturated carbocycles. The van der Waals surface area contributed by atoms with Gasteiger partial charge < -0.3 is 19.1 Å². The van der Waals surface area contributed by atoms with E-state index in [9.17, 15) is 18.4 Å². The summed E-state index contributed by atoms with van der Waals surface area (Å²) in [5.41, 5.74) is 1.92. The van der Waals surface area contributed by atoms with Crippen molar-refractivity contribution in [2.75, 3.05) is 49.8 Å². The van der Waals surface area contributed by atoms with Gasteiger partial charge in [-0.25, -0.2) is 23.7 Å². The standard InChI is InChI=1S/C33H39F2N5O5/c1-3-44-31(41)19-27(23-5-6-23)24-9-14-36-30(17-24)45-21-22-10-15-39(16-11-22)28-18-25(43-2)7-8-26(28)32(42)40(20-29(34)35)33-37-12-4-13-38-33/h4,7-9,12-14,17-18,22-23,27,29H,3,5-6,10-11,15-16,19-21H2,1-2H3. The SMILES string of the molecule is CCOC(=O)CC(c1ccnc(OCC2CCN(c3cc(OC)ccc3C(=O)N(CC(F)F)c3ncccn3)CC2)c1)C1CC1. The van der Waals surface area contributed by atoms with E-state index in [2.05, 4.69) is 19.9 Å². The van der Waals surface area contributed by atoms with Crippen molar-refractivity contribution >= 4 is 23.5 Å². The van der Waals surface area contributed by atoms with E-state index in [4.69, 9.17) is 14.2 Å². The van der Waals surface area contributed by atoms with Crippen LogP contribution in [0.4, 0.5) is 20.4 Å². The molecule has 1 atom stereocenters. The van der Waals surface area contributed by atoms with Gasteiger partial charge >= 0.3 is 5.97 Å². The van der Waals surface area contributed by atoms with Crippen molar-refractivity contribution < 1.29 is 32.6 Å². The highest BCUT2D eigenvalue weighted by Gasteiger charge is 2.34. The fourth-order valence-electron chi connectivity index (χ4n) is 5.78. The van der Waals surface area contributed by atoms with Gasteiger partial charge in [-0.3, -0.25) is 14.5 Å². The third-order valence-electron chi connectivity index (χ3n) is 8.29. The Morgan fingerprint density at radius 1 is 1.02 bits per heavy atom. The fraction of sp³-hybridized carbons (Fsp3) is 0.485. The summed E-state index contributed by atoms with van der Waals surface area (Å²) in [6, 6.07) is 10.5. The third kappa shape index (κ3) is 8.43. The molecule has 0 radical (unpaired) electrons. The van der Waals surface area contributed by atoms with Gasteiger partial charge in [-0.15, -0.1) is 0 Å². The molecule has 0 spiro atoms. The van der Waals surface area contributed by atoms with Crippen LogP contribution >= 0.6 is 0 Å². The van der Waals surface area contributed by atoms with E-state index in [1.165, 1.54) is 19.5 Å². The molecule has 1 aliphatic carbocycles. The predicted octanol–water partition coefficient (Wildman–Crippen LogP) is 5.53. The molecule has 5 rings (SSSR count). The number of amides is 1. The maximum atomic E-state index is 13.7. The quantitative estimate of drug-likeness (QED) is 0.214. The van der Waals surface area contributed by atoms with Gasteiger partial charge in [0.25, 0.3) is 12.3 Å². The van der Waals surface area contributed by atoms with Crippen LogP contribution in [0.15, 0.2) is 55.0 Å². The molecule has 2 aromatic heterocycles. The summed E-state index contributed by atoms with van der Waals surface area (Å²) in [6.45, 7) is 3.10. The Bertz CT molecular complexity index is 1430. The summed E-state index contributed by atoms with van der Waals surface area (Å²) in [7, 11) is 1.54. The van der Waals surface area contributed by atoms with Crippen LogP contribution in [0, 0.1) is 11.8 Å². The molecule has 45 heavy (non-hydrogen) atoms. The van der Waals surface area contributed by atoms with Crippen molar-refractivity contribution in [3.63, 3.8) is 0 Å². The Morgan fingerprint density at radius 3 is 2.44 bits per heavy atom. The largest absolute Gasteiger partial charge is 0.497 e. The van der Waals surface area contributed by atoms with Gasteiger partial charge in [0.2, 0.25) is 11.8 Å². The molecule has 1 aromatic carbocycles. The first-order valence-corrected chi connectivity index (χ1v) is 15.4. The number of methoxy groups -OCH3 is 1. The lowest BCUT2D eigenvalue weighted by molar-refractivity contribution is -0.143. The molecule has 2 fully saturated rings. The number of hydrogen-bond acceptors (Lipinski definition) is 9. The number of halogens is 2. The van der Waals surface area contributed by atoms with Crippen LogP contribution in [-0.2, 0) is 9.53 Å². The predicted molar refractivity (Wildman–Crippen MR) is 164 cm³/mol. The van der Waals surface area contributed by atoms with Crippen LogP contribution in [0.5, 0.6) is 11.6 Å². The Kier molecular flexibility index (Phi) is 10.7. The highest BCUT2D eigenvalue weighted by atomic mass is 19.3. The highest BCUT2D eigenvalue weighted by molar-refractivity contribution is 6.09. The number of esters is 1. The number of aromatic nitrogens is 3. The molecule has 1 unspecified atom stereocenters. The number of benzene rings is 1. The van der Waals surface area contributed by atoms with Crippen LogP contribution in [0.25, 0.3) is 0 Å². The van der Waals surface area contributed by atoms with Crippen LogP contribution in [0.1, 0.15) is 60.9 Å². The molecular weight excluding hydrogens is 584 g/mol. The molecule has 1 saturated heterocycles. The van der Waals surface area contributed by atoms with Crippen molar-refractivity contribution in [3.05, 3.63) is 66.1 Å². The van der Waals surface area contributed by atoms with Crippen LogP contribution < -0.4 is 19.3 Å². The smallest absolute Gasteiger partial charge is 0.306 e. The van der Waals surface area contributed by atoms with Gasteiger partial charge in [0.1, 0.15) is 5.75 Å². The molecule has 10 nitrogen and oxygen atoms in total. The third-order valence-corrected chi connectivity index (χ3v) is 8.29. The number of rotatable bonds is 14. The van der Waals surface area contributed by atoms with Crippen LogP contribution in [0.2, 0.25) is 0 Å². The van der Waals surface area contributed by atoms with Gasteiger partial charge in [0.15, 0.2) is 0 Å². The van der Waals surface area contributed by atoms with E-state index < -0.39 is 18.9 Å². The van der Waals surface area contributed by atoms with Crippen molar-refractivity contribution in [2.45, 2.75) is 51.4 Å². The Hall–Kier alpha value is -4.35. The maximum absolute atomic E-state index is 13.7. The van der Waals surface area contributed by atoms with E-state index in [1.807, 2.05) is 19.1 Å². The molecule has 0 bridgehead atoms.